The number of aryl methyl sites for hydroxylation is 1. The second-order valence-corrected chi connectivity index (χ2v) is 7.20. The lowest BCUT2D eigenvalue weighted by Gasteiger charge is -2.19. The summed E-state index contributed by atoms with van der Waals surface area (Å²) in [6, 6.07) is 11.0. The normalized spacial score (nSPS) is 17.0. The van der Waals surface area contributed by atoms with Crippen LogP contribution in [0.3, 0.4) is 0 Å². The van der Waals surface area contributed by atoms with Crippen molar-refractivity contribution >= 4 is 35.9 Å². The Morgan fingerprint density at radius 3 is 3.00 bits per heavy atom. The molecule has 141 valence electrons. The van der Waals surface area contributed by atoms with E-state index in [1.807, 2.05) is 36.0 Å². The van der Waals surface area contributed by atoms with E-state index in [0.29, 0.717) is 11.4 Å². The molecule has 7 heteroatoms. The number of aromatic nitrogens is 1. The van der Waals surface area contributed by atoms with Crippen LogP contribution < -0.4 is 11.1 Å². The molecule has 1 atom stereocenters. The molecule has 0 saturated carbocycles. The summed E-state index contributed by atoms with van der Waals surface area (Å²) in [6.45, 7) is 3.47. The second-order valence-electron chi connectivity index (χ2n) is 7.20. The third-order valence-electron chi connectivity index (χ3n) is 5.22. The van der Waals surface area contributed by atoms with Gasteiger partial charge in [-0.05, 0) is 55.3 Å². The van der Waals surface area contributed by atoms with Gasteiger partial charge >= 0.3 is 0 Å². The second kappa shape index (κ2) is 7.60. The number of nitrogens with one attached hydrogen (secondary N) is 1. The average molecular weight is 375 g/mol. The van der Waals surface area contributed by atoms with Crippen LogP contribution in [-0.2, 0) is 4.79 Å². The Bertz CT molecular complexity index is 1020. The maximum Gasteiger partial charge on any atom is 0.293 e. The molecule has 5 nitrogen and oxygen atoms in total. The lowest BCUT2D eigenvalue weighted by Crippen LogP contribution is -2.29. The first-order valence-electron chi connectivity index (χ1n) is 9.29. The Morgan fingerprint density at radius 1 is 1.36 bits per heavy atom. The number of nitrogens with zero attached hydrogens (tertiary/aromatic N) is 2. The van der Waals surface area contributed by atoms with Gasteiger partial charge in [-0.25, -0.2) is 9.37 Å². The molecule has 0 bridgehead atoms. The van der Waals surface area contributed by atoms with Crippen molar-refractivity contribution in [1.29, 1.82) is 0 Å². The number of nitrogen functional groups attached to an aromatic ring is 1. The van der Waals surface area contributed by atoms with E-state index >= 15 is 0 Å². The van der Waals surface area contributed by atoms with Crippen LogP contribution in [-0.4, -0.2) is 42.5 Å². The van der Waals surface area contributed by atoms with E-state index in [2.05, 4.69) is 10.3 Å². The molecule has 0 amide bonds. The minimum Gasteiger partial charge on any atom is -0.384 e. The molecule has 1 aliphatic rings. The van der Waals surface area contributed by atoms with Crippen LogP contribution in [0, 0.1) is 12.7 Å². The highest BCUT2D eigenvalue weighted by molar-refractivity contribution is 6.64. The lowest BCUT2D eigenvalue weighted by molar-refractivity contribution is 0.536. The summed E-state index contributed by atoms with van der Waals surface area (Å²) in [5, 5.41) is 5.41. The molecule has 1 aliphatic heterocycles. The Hall–Kier alpha value is -2.93. The first-order chi connectivity index (χ1) is 13.5. The molecule has 1 radical (unpaired) electrons. The average Bonchev–Trinajstić information content (AvgIpc) is 3.09. The van der Waals surface area contributed by atoms with Crippen LogP contribution in [0.4, 0.5) is 15.9 Å². The zero-order valence-corrected chi connectivity index (χ0v) is 15.7. The van der Waals surface area contributed by atoms with Crippen molar-refractivity contribution in [1.82, 2.24) is 9.79 Å². The van der Waals surface area contributed by atoms with E-state index in [1.54, 1.807) is 19.7 Å². The van der Waals surface area contributed by atoms with Gasteiger partial charge in [0.1, 0.15) is 11.6 Å². The van der Waals surface area contributed by atoms with E-state index in [4.69, 9.17) is 5.73 Å². The number of anilines is 2. The van der Waals surface area contributed by atoms with Gasteiger partial charge in [-0.1, -0.05) is 12.1 Å². The largest absolute Gasteiger partial charge is 0.384 e. The number of benzene rings is 2. The van der Waals surface area contributed by atoms with Crippen LogP contribution in [0.15, 0.2) is 42.6 Å². The van der Waals surface area contributed by atoms with Crippen molar-refractivity contribution in [3.05, 3.63) is 54.0 Å². The predicted octanol–water partition coefficient (Wildman–Crippen LogP) is 3.23. The number of rotatable bonds is 5. The van der Waals surface area contributed by atoms with Gasteiger partial charge in [0.05, 0.1) is 6.19 Å². The molecular formula is C21H21BFN4O. The van der Waals surface area contributed by atoms with Gasteiger partial charge < -0.3 is 20.7 Å². The van der Waals surface area contributed by atoms with E-state index in [0.717, 1.165) is 53.3 Å². The summed E-state index contributed by atoms with van der Waals surface area (Å²) in [5.41, 5.74) is 9.06. The van der Waals surface area contributed by atoms with Crippen molar-refractivity contribution in [3.63, 3.8) is 0 Å². The highest BCUT2D eigenvalue weighted by Crippen LogP contribution is 2.35. The number of fused-ring (bicyclic) bond motifs is 1. The minimum atomic E-state index is -0.249. The summed E-state index contributed by atoms with van der Waals surface area (Å²) in [6.07, 6.45) is 3.44. The van der Waals surface area contributed by atoms with Crippen molar-refractivity contribution in [2.45, 2.75) is 19.4 Å². The predicted molar refractivity (Wildman–Crippen MR) is 112 cm³/mol. The fraction of sp³-hybridized carbons (Fsp3) is 0.238. The van der Waals surface area contributed by atoms with Crippen LogP contribution in [0.1, 0.15) is 12.0 Å². The molecule has 0 spiro atoms. The number of carbonyl (C=O) groups is 1. The summed E-state index contributed by atoms with van der Waals surface area (Å²) in [4.78, 5) is 16.9. The minimum absolute atomic E-state index is 0.186. The van der Waals surface area contributed by atoms with Gasteiger partial charge in [-0.15, -0.1) is 0 Å². The van der Waals surface area contributed by atoms with Crippen LogP contribution in [0.2, 0.25) is 0 Å². The molecule has 4 rings (SSSR count). The first-order valence-corrected chi connectivity index (χ1v) is 9.29. The Balaban J connectivity index is 1.78. The van der Waals surface area contributed by atoms with Gasteiger partial charge in [0.2, 0.25) is 0 Å². The Labute approximate surface area is 164 Å². The summed E-state index contributed by atoms with van der Waals surface area (Å²) in [5.74, 6) is 0.189. The van der Waals surface area contributed by atoms with Crippen molar-refractivity contribution in [3.8, 4) is 11.1 Å². The van der Waals surface area contributed by atoms with Crippen LogP contribution in [0.5, 0.6) is 0 Å². The molecule has 0 aliphatic carbocycles. The van der Waals surface area contributed by atoms with Gasteiger partial charge in [-0.3, -0.25) is 0 Å². The van der Waals surface area contributed by atoms with E-state index in [-0.39, 0.29) is 11.9 Å². The number of hydrogen-bond acceptors (Lipinski definition) is 5. The van der Waals surface area contributed by atoms with Gasteiger partial charge in [0, 0.05) is 40.8 Å². The third kappa shape index (κ3) is 3.58. The highest BCUT2D eigenvalue weighted by Gasteiger charge is 2.23. The standard InChI is InChI=1S/C21H21BFN4O/c1-13-3-2-4-18(23)21(13)14-7-15-10-25-20(24)9-17(15)19(8-14)26-16-5-6-27(11-16)22-12-28/h2-4,7-10,12,16,26H,5-6,11H2,1H3,(H2,24,25)/t16-/m0/s1. The smallest absolute Gasteiger partial charge is 0.293 e. The zero-order chi connectivity index (χ0) is 19.7. The monoisotopic (exact) mass is 375 g/mol. The summed E-state index contributed by atoms with van der Waals surface area (Å²) < 4.78 is 14.6. The highest BCUT2D eigenvalue weighted by atomic mass is 19.1. The zero-order valence-electron chi connectivity index (χ0n) is 15.7. The molecule has 3 N–H and O–H groups in total. The molecule has 1 saturated heterocycles. The van der Waals surface area contributed by atoms with E-state index in [9.17, 15) is 9.18 Å². The van der Waals surface area contributed by atoms with Crippen LogP contribution in [0.25, 0.3) is 21.9 Å². The molecule has 2 heterocycles. The number of carbonyl (C=O) groups excluding carboxylic acids is 1. The molecular weight excluding hydrogens is 354 g/mol. The number of pyridine rings is 1. The molecule has 1 fully saturated rings. The van der Waals surface area contributed by atoms with Crippen molar-refractivity contribution in [2.75, 3.05) is 24.1 Å². The quantitative estimate of drug-likeness (QED) is 0.529. The molecule has 28 heavy (non-hydrogen) atoms. The summed E-state index contributed by atoms with van der Waals surface area (Å²) in [7, 11) is 1.57. The topological polar surface area (TPSA) is 71.2 Å². The molecule has 2 aromatic carbocycles. The SMILES string of the molecule is Cc1cccc(F)c1-c1cc(N[C@H]2CCN([B]C=O)C2)c2cc(N)ncc2c1. The maximum atomic E-state index is 14.6. The Morgan fingerprint density at radius 2 is 2.21 bits per heavy atom. The van der Waals surface area contributed by atoms with Gasteiger partial charge in [0.15, 0.2) is 0 Å². The van der Waals surface area contributed by atoms with Crippen LogP contribution >= 0.6 is 0 Å². The summed E-state index contributed by atoms with van der Waals surface area (Å²) >= 11 is 0. The van der Waals surface area contributed by atoms with E-state index in [1.165, 1.54) is 6.07 Å². The molecule has 0 unspecified atom stereocenters. The molecule has 3 aromatic rings. The maximum absolute atomic E-state index is 14.6. The van der Waals surface area contributed by atoms with Gasteiger partial charge in [0.25, 0.3) is 7.41 Å². The van der Waals surface area contributed by atoms with Crippen molar-refractivity contribution in [2.24, 2.45) is 0 Å². The number of halogens is 1. The number of hydrogen-bond donors (Lipinski definition) is 2. The molecule has 1 aromatic heterocycles. The Kier molecular flexibility index (Phi) is 5.00. The first kappa shape index (κ1) is 18.4. The van der Waals surface area contributed by atoms with E-state index < -0.39 is 0 Å². The third-order valence-corrected chi connectivity index (χ3v) is 5.22. The lowest BCUT2D eigenvalue weighted by atomic mass is 9.95. The van der Waals surface area contributed by atoms with Crippen molar-refractivity contribution < 1.29 is 9.18 Å². The van der Waals surface area contributed by atoms with Gasteiger partial charge in [-0.2, -0.15) is 0 Å². The number of nitrogens with two attached hydrogens (primary N) is 1. The fourth-order valence-electron chi connectivity index (χ4n) is 3.88. The fourth-order valence-corrected chi connectivity index (χ4v) is 3.88.